The maximum absolute atomic E-state index is 12.6. The van der Waals surface area contributed by atoms with E-state index in [0.29, 0.717) is 22.0 Å². The van der Waals surface area contributed by atoms with Gasteiger partial charge < -0.3 is 9.47 Å². The molecule has 3 rings (SSSR count). The molecule has 0 spiro atoms. The number of thioether (sulfide) groups is 1. The summed E-state index contributed by atoms with van der Waals surface area (Å²) in [6.07, 6.45) is 1.62. The van der Waals surface area contributed by atoms with E-state index in [9.17, 15) is 14.4 Å². The van der Waals surface area contributed by atoms with E-state index in [1.807, 2.05) is 30.3 Å². The van der Waals surface area contributed by atoms with Gasteiger partial charge in [0.1, 0.15) is 0 Å². The van der Waals surface area contributed by atoms with Gasteiger partial charge in [-0.15, -0.1) is 0 Å². The SMILES string of the molecule is COc1cc(C=C2SC(=O)N(Cc3ccccc3)C2=O)ccc1OC(C)=O. The topological polar surface area (TPSA) is 72.9 Å². The Bertz CT molecular complexity index is 923. The number of ether oxygens (including phenoxy) is 2. The van der Waals surface area contributed by atoms with Crippen LogP contribution in [-0.4, -0.2) is 29.1 Å². The molecule has 2 amide bonds. The van der Waals surface area contributed by atoms with Crippen molar-refractivity contribution in [3.8, 4) is 11.5 Å². The fraction of sp³-hybridized carbons (Fsp3) is 0.150. The lowest BCUT2D eigenvalue weighted by Crippen LogP contribution is -2.27. The summed E-state index contributed by atoms with van der Waals surface area (Å²) in [4.78, 5) is 37.5. The first-order valence-electron chi connectivity index (χ1n) is 8.13. The number of benzene rings is 2. The van der Waals surface area contributed by atoms with Crippen LogP contribution in [0.2, 0.25) is 0 Å². The second kappa shape index (κ2) is 8.09. The molecular formula is C20H17NO5S. The van der Waals surface area contributed by atoms with E-state index in [1.165, 1.54) is 18.9 Å². The molecule has 1 aliphatic heterocycles. The smallest absolute Gasteiger partial charge is 0.308 e. The Hall–Kier alpha value is -3.06. The van der Waals surface area contributed by atoms with E-state index < -0.39 is 5.97 Å². The molecule has 1 heterocycles. The third-order valence-corrected chi connectivity index (χ3v) is 4.70. The quantitative estimate of drug-likeness (QED) is 0.444. The zero-order chi connectivity index (χ0) is 19.4. The molecule has 0 bridgehead atoms. The molecule has 7 heteroatoms. The number of esters is 1. The normalized spacial score (nSPS) is 15.3. The van der Waals surface area contributed by atoms with Gasteiger partial charge in [0.15, 0.2) is 11.5 Å². The predicted octanol–water partition coefficient (Wildman–Crippen LogP) is 3.86. The van der Waals surface area contributed by atoms with Crippen molar-refractivity contribution in [3.05, 3.63) is 64.6 Å². The van der Waals surface area contributed by atoms with Gasteiger partial charge in [-0.05, 0) is 41.1 Å². The number of rotatable bonds is 5. The molecular weight excluding hydrogens is 366 g/mol. The van der Waals surface area contributed by atoms with Gasteiger partial charge in [0.2, 0.25) is 0 Å². The number of nitrogens with zero attached hydrogens (tertiary/aromatic N) is 1. The average Bonchev–Trinajstić information content (AvgIpc) is 2.91. The molecule has 27 heavy (non-hydrogen) atoms. The van der Waals surface area contributed by atoms with Gasteiger partial charge in [-0.3, -0.25) is 19.3 Å². The Morgan fingerprint density at radius 3 is 2.52 bits per heavy atom. The zero-order valence-electron chi connectivity index (χ0n) is 14.8. The lowest BCUT2D eigenvalue weighted by molar-refractivity contribution is -0.132. The number of carbonyl (C=O) groups is 3. The Balaban J connectivity index is 1.82. The first kappa shape index (κ1) is 18.7. The summed E-state index contributed by atoms with van der Waals surface area (Å²) >= 11 is 0.897. The van der Waals surface area contributed by atoms with E-state index in [4.69, 9.17) is 9.47 Å². The predicted molar refractivity (Wildman–Crippen MR) is 102 cm³/mol. The van der Waals surface area contributed by atoms with Crippen LogP contribution in [0.5, 0.6) is 11.5 Å². The van der Waals surface area contributed by atoms with Crippen molar-refractivity contribution in [2.45, 2.75) is 13.5 Å². The van der Waals surface area contributed by atoms with E-state index in [1.54, 1.807) is 24.3 Å². The number of amides is 2. The lowest BCUT2D eigenvalue weighted by atomic mass is 10.1. The molecule has 0 aromatic heterocycles. The molecule has 2 aromatic rings. The van der Waals surface area contributed by atoms with Gasteiger partial charge in [-0.2, -0.15) is 0 Å². The van der Waals surface area contributed by atoms with Crippen molar-refractivity contribution in [2.75, 3.05) is 7.11 Å². The van der Waals surface area contributed by atoms with E-state index in [2.05, 4.69) is 0 Å². The van der Waals surface area contributed by atoms with Crippen molar-refractivity contribution in [1.82, 2.24) is 4.90 Å². The van der Waals surface area contributed by atoms with E-state index >= 15 is 0 Å². The van der Waals surface area contributed by atoms with Crippen LogP contribution in [0.25, 0.3) is 6.08 Å². The second-order valence-corrected chi connectivity index (χ2v) is 6.75. The fourth-order valence-corrected chi connectivity index (χ4v) is 3.41. The molecule has 1 aliphatic rings. The first-order chi connectivity index (χ1) is 13.0. The van der Waals surface area contributed by atoms with E-state index in [0.717, 1.165) is 17.3 Å². The molecule has 138 valence electrons. The molecule has 0 atom stereocenters. The van der Waals surface area contributed by atoms with Crippen LogP contribution < -0.4 is 9.47 Å². The summed E-state index contributed by atoms with van der Waals surface area (Å²) in [6.45, 7) is 1.54. The van der Waals surface area contributed by atoms with Crippen LogP contribution in [0.15, 0.2) is 53.4 Å². The van der Waals surface area contributed by atoms with Crippen molar-refractivity contribution < 1.29 is 23.9 Å². The van der Waals surface area contributed by atoms with Crippen LogP contribution in [0.3, 0.4) is 0 Å². The highest BCUT2D eigenvalue weighted by Gasteiger charge is 2.34. The molecule has 0 radical (unpaired) electrons. The summed E-state index contributed by atoms with van der Waals surface area (Å²) in [5, 5.41) is -0.307. The first-order valence-corrected chi connectivity index (χ1v) is 8.95. The van der Waals surface area contributed by atoms with Crippen molar-refractivity contribution in [1.29, 1.82) is 0 Å². The van der Waals surface area contributed by atoms with Crippen LogP contribution in [-0.2, 0) is 16.1 Å². The largest absolute Gasteiger partial charge is 0.493 e. The van der Waals surface area contributed by atoms with Crippen molar-refractivity contribution in [3.63, 3.8) is 0 Å². The molecule has 2 aromatic carbocycles. The average molecular weight is 383 g/mol. The lowest BCUT2D eigenvalue weighted by Gasteiger charge is -2.12. The maximum atomic E-state index is 12.6. The van der Waals surface area contributed by atoms with Gasteiger partial charge in [-0.1, -0.05) is 36.4 Å². The third kappa shape index (κ3) is 4.38. The number of imide groups is 1. The molecule has 1 fully saturated rings. The van der Waals surface area contributed by atoms with Gasteiger partial charge >= 0.3 is 5.97 Å². The molecule has 1 saturated heterocycles. The Labute approximate surface area is 160 Å². The number of methoxy groups -OCH3 is 1. The van der Waals surface area contributed by atoms with Gasteiger partial charge in [0.05, 0.1) is 18.6 Å². The minimum Gasteiger partial charge on any atom is -0.493 e. The minimum absolute atomic E-state index is 0.234. The minimum atomic E-state index is -0.455. The summed E-state index contributed by atoms with van der Waals surface area (Å²) in [6, 6.07) is 14.2. The summed E-state index contributed by atoms with van der Waals surface area (Å²) in [5.74, 6) is -0.137. The van der Waals surface area contributed by atoms with Crippen molar-refractivity contribution in [2.24, 2.45) is 0 Å². The summed E-state index contributed by atoms with van der Waals surface area (Å²) in [7, 11) is 1.46. The highest BCUT2D eigenvalue weighted by Crippen LogP contribution is 2.35. The Kier molecular flexibility index (Phi) is 5.61. The van der Waals surface area contributed by atoms with Gasteiger partial charge in [-0.25, -0.2) is 0 Å². The van der Waals surface area contributed by atoms with Gasteiger partial charge in [0.25, 0.3) is 11.1 Å². The zero-order valence-corrected chi connectivity index (χ0v) is 15.6. The van der Waals surface area contributed by atoms with Gasteiger partial charge in [0, 0.05) is 6.92 Å². The third-order valence-electron chi connectivity index (χ3n) is 3.80. The molecule has 0 unspecified atom stereocenters. The fourth-order valence-electron chi connectivity index (χ4n) is 2.57. The Morgan fingerprint density at radius 1 is 1.11 bits per heavy atom. The van der Waals surface area contributed by atoms with Crippen LogP contribution in [0.4, 0.5) is 4.79 Å². The second-order valence-electron chi connectivity index (χ2n) is 5.76. The number of carbonyl (C=O) groups excluding carboxylic acids is 3. The van der Waals surface area contributed by atoms with Crippen LogP contribution >= 0.6 is 11.8 Å². The molecule has 6 nitrogen and oxygen atoms in total. The van der Waals surface area contributed by atoms with Crippen molar-refractivity contribution >= 4 is 35.0 Å². The van der Waals surface area contributed by atoms with Crippen LogP contribution in [0.1, 0.15) is 18.1 Å². The number of hydrogen-bond donors (Lipinski definition) is 0. The maximum Gasteiger partial charge on any atom is 0.308 e. The van der Waals surface area contributed by atoms with E-state index in [-0.39, 0.29) is 17.7 Å². The Morgan fingerprint density at radius 2 is 1.85 bits per heavy atom. The standard InChI is InChI=1S/C20H17NO5S/c1-13(22)26-16-9-8-15(10-17(16)25-2)11-18-19(23)21(20(24)27-18)12-14-6-4-3-5-7-14/h3-11H,12H2,1-2H3. The van der Waals surface area contributed by atoms with Crippen LogP contribution in [0, 0.1) is 0 Å². The summed E-state index contributed by atoms with van der Waals surface area (Å²) < 4.78 is 10.3. The monoisotopic (exact) mass is 383 g/mol. The number of hydrogen-bond acceptors (Lipinski definition) is 6. The highest BCUT2D eigenvalue weighted by molar-refractivity contribution is 8.18. The highest BCUT2D eigenvalue weighted by atomic mass is 32.2. The molecule has 0 aliphatic carbocycles. The molecule has 0 N–H and O–H groups in total. The molecule has 0 saturated carbocycles. The summed E-state index contributed by atoms with van der Waals surface area (Å²) in [5.41, 5.74) is 1.54.